The minimum Gasteiger partial charge on any atom is -0.462 e. The molecule has 0 spiro atoms. The first-order chi connectivity index (χ1) is 35.3. The summed E-state index contributed by atoms with van der Waals surface area (Å²) in [4.78, 5) is 38.3. The summed E-state index contributed by atoms with van der Waals surface area (Å²) in [6, 6.07) is 0. The fraction of sp³-hybridized carbons (Fsp3) is 0.955. The highest BCUT2D eigenvalue weighted by molar-refractivity contribution is 5.71. The molecule has 0 amide bonds. The van der Waals surface area contributed by atoms with E-state index in [4.69, 9.17) is 14.2 Å². The smallest absolute Gasteiger partial charge is 0.306 e. The lowest BCUT2D eigenvalue weighted by Crippen LogP contribution is -2.30. The molecule has 6 nitrogen and oxygen atoms in total. The van der Waals surface area contributed by atoms with Crippen LogP contribution in [0.5, 0.6) is 0 Å². The summed E-state index contributed by atoms with van der Waals surface area (Å²) in [7, 11) is 0. The van der Waals surface area contributed by atoms with Crippen LogP contribution < -0.4 is 0 Å². The maximum Gasteiger partial charge on any atom is 0.306 e. The van der Waals surface area contributed by atoms with Gasteiger partial charge in [-0.1, -0.05) is 336 Å². The van der Waals surface area contributed by atoms with Crippen molar-refractivity contribution in [3.05, 3.63) is 0 Å². The van der Waals surface area contributed by atoms with E-state index in [1.54, 1.807) is 0 Å². The first-order valence-corrected chi connectivity index (χ1v) is 32.8. The highest BCUT2D eigenvalue weighted by Gasteiger charge is 2.19. The summed E-state index contributed by atoms with van der Waals surface area (Å²) in [6.07, 6.45) is 65.3. The number of hydrogen-bond acceptors (Lipinski definition) is 6. The van der Waals surface area contributed by atoms with Gasteiger partial charge in [-0.05, 0) is 31.1 Å². The Morgan fingerprint density at radius 1 is 0.292 bits per heavy atom. The van der Waals surface area contributed by atoms with Crippen molar-refractivity contribution in [2.24, 2.45) is 11.8 Å². The van der Waals surface area contributed by atoms with Crippen LogP contribution in [0.2, 0.25) is 0 Å². The fourth-order valence-corrected chi connectivity index (χ4v) is 10.3. The molecular weight excluding hydrogens is 889 g/mol. The van der Waals surface area contributed by atoms with Crippen LogP contribution in [0, 0.1) is 11.8 Å². The summed E-state index contributed by atoms with van der Waals surface area (Å²) in [5.74, 6) is 0.925. The van der Waals surface area contributed by atoms with Crippen molar-refractivity contribution < 1.29 is 28.6 Å². The monoisotopic (exact) mass is 1020 g/mol. The van der Waals surface area contributed by atoms with Crippen LogP contribution in [-0.4, -0.2) is 37.2 Å². The number of carbonyl (C=O) groups is 3. The van der Waals surface area contributed by atoms with Gasteiger partial charge in [-0.2, -0.15) is 0 Å². The molecule has 428 valence electrons. The lowest BCUT2D eigenvalue weighted by Gasteiger charge is -2.18. The molecule has 2 atom stereocenters. The molecule has 0 aromatic rings. The average molecular weight is 1020 g/mol. The molecule has 1 unspecified atom stereocenters. The SMILES string of the molecule is CCCCCCCCCCCCCCCCCC(=O)O[C@H](COC(=O)CCCCCCCCCCCCCCCCCCCCC(C)CC)COC(=O)CCCCCCCCCCCCCCCCC(C)C. The molecule has 6 heteroatoms. The minimum atomic E-state index is -0.764. The normalized spacial score (nSPS) is 12.4. The maximum atomic E-state index is 12.9. The number of unbranched alkanes of at least 4 members (excludes halogenated alkanes) is 44. The van der Waals surface area contributed by atoms with Gasteiger partial charge in [0.15, 0.2) is 6.10 Å². The molecule has 0 aromatic carbocycles. The molecule has 0 saturated carbocycles. The Bertz CT molecular complexity index is 1110. The van der Waals surface area contributed by atoms with Crippen LogP contribution in [-0.2, 0) is 28.6 Å². The topological polar surface area (TPSA) is 78.9 Å². The van der Waals surface area contributed by atoms with E-state index < -0.39 is 6.10 Å². The fourth-order valence-electron chi connectivity index (χ4n) is 10.3. The first kappa shape index (κ1) is 70.4. The van der Waals surface area contributed by atoms with E-state index in [1.165, 1.54) is 263 Å². The third-order valence-electron chi connectivity index (χ3n) is 15.6. The van der Waals surface area contributed by atoms with E-state index >= 15 is 0 Å². The van der Waals surface area contributed by atoms with Crippen LogP contribution in [0.3, 0.4) is 0 Å². The average Bonchev–Trinajstić information content (AvgIpc) is 3.37. The predicted molar refractivity (Wildman–Crippen MR) is 312 cm³/mol. The Hall–Kier alpha value is -1.59. The quantitative estimate of drug-likeness (QED) is 0.0343. The van der Waals surface area contributed by atoms with Crippen molar-refractivity contribution >= 4 is 17.9 Å². The molecule has 0 bridgehead atoms. The largest absolute Gasteiger partial charge is 0.462 e. The summed E-state index contributed by atoms with van der Waals surface area (Å²) in [5.41, 5.74) is 0. The molecule has 0 N–H and O–H groups in total. The van der Waals surface area contributed by atoms with E-state index in [2.05, 4.69) is 34.6 Å². The van der Waals surface area contributed by atoms with E-state index in [0.717, 1.165) is 69.6 Å². The predicted octanol–water partition coefficient (Wildman–Crippen LogP) is 22.0. The van der Waals surface area contributed by atoms with Crippen LogP contribution in [0.15, 0.2) is 0 Å². The molecule has 0 aliphatic carbocycles. The van der Waals surface area contributed by atoms with Gasteiger partial charge in [0.25, 0.3) is 0 Å². The number of rotatable bonds is 60. The zero-order valence-electron chi connectivity index (χ0n) is 49.6. The minimum absolute atomic E-state index is 0.0616. The van der Waals surface area contributed by atoms with Crippen LogP contribution in [0.4, 0.5) is 0 Å². The van der Waals surface area contributed by atoms with Gasteiger partial charge in [0.1, 0.15) is 13.2 Å². The van der Waals surface area contributed by atoms with E-state index in [1.807, 2.05) is 0 Å². The molecule has 0 aromatic heterocycles. The van der Waals surface area contributed by atoms with Crippen molar-refractivity contribution in [1.29, 1.82) is 0 Å². The zero-order valence-corrected chi connectivity index (χ0v) is 49.6. The Kier molecular flexibility index (Phi) is 57.4. The van der Waals surface area contributed by atoms with Crippen molar-refractivity contribution in [2.45, 2.75) is 381 Å². The number of esters is 3. The molecule has 0 heterocycles. The van der Waals surface area contributed by atoms with Gasteiger partial charge in [-0.15, -0.1) is 0 Å². The molecule has 0 radical (unpaired) electrons. The first-order valence-electron chi connectivity index (χ1n) is 32.8. The third kappa shape index (κ3) is 57.7. The van der Waals surface area contributed by atoms with Gasteiger partial charge in [0.2, 0.25) is 0 Å². The highest BCUT2D eigenvalue weighted by atomic mass is 16.6. The second-order valence-electron chi connectivity index (χ2n) is 23.5. The Labute approximate surface area is 450 Å². The lowest BCUT2D eigenvalue weighted by molar-refractivity contribution is -0.167. The van der Waals surface area contributed by atoms with Gasteiger partial charge in [-0.3, -0.25) is 14.4 Å². The van der Waals surface area contributed by atoms with Gasteiger partial charge in [0.05, 0.1) is 0 Å². The third-order valence-corrected chi connectivity index (χ3v) is 15.6. The second kappa shape index (κ2) is 58.7. The summed E-state index contributed by atoms with van der Waals surface area (Å²) >= 11 is 0. The lowest BCUT2D eigenvalue weighted by atomic mass is 9.99. The van der Waals surface area contributed by atoms with Gasteiger partial charge in [-0.25, -0.2) is 0 Å². The van der Waals surface area contributed by atoms with Gasteiger partial charge < -0.3 is 14.2 Å². The van der Waals surface area contributed by atoms with Gasteiger partial charge in [0, 0.05) is 19.3 Å². The molecule has 72 heavy (non-hydrogen) atoms. The van der Waals surface area contributed by atoms with Crippen LogP contribution in [0.25, 0.3) is 0 Å². The standard InChI is InChI=1S/C66H128O6/c1-6-8-9-10-11-12-13-14-19-28-33-38-43-48-53-58-66(69)72-63(60-71-65(68)57-52-47-42-37-32-27-23-22-24-29-34-39-44-49-54-61(3)4)59-70-64(67)56-51-46-41-36-31-26-21-18-16-15-17-20-25-30-35-40-45-50-55-62(5)7-2/h61-63H,6-60H2,1-5H3/t62?,63-/m1/s1. The van der Waals surface area contributed by atoms with Crippen molar-refractivity contribution in [1.82, 2.24) is 0 Å². The number of ether oxygens (including phenoxy) is 3. The highest BCUT2D eigenvalue weighted by Crippen LogP contribution is 2.19. The van der Waals surface area contributed by atoms with Gasteiger partial charge >= 0.3 is 17.9 Å². The Balaban J connectivity index is 4.25. The molecule has 0 saturated heterocycles. The van der Waals surface area contributed by atoms with Crippen molar-refractivity contribution in [3.8, 4) is 0 Å². The summed E-state index contributed by atoms with van der Waals surface area (Å²) < 4.78 is 17.0. The van der Waals surface area contributed by atoms with Crippen LogP contribution >= 0.6 is 0 Å². The van der Waals surface area contributed by atoms with E-state index in [-0.39, 0.29) is 31.1 Å². The molecule has 0 aliphatic rings. The molecule has 0 aliphatic heterocycles. The van der Waals surface area contributed by atoms with Crippen LogP contribution in [0.1, 0.15) is 375 Å². The Morgan fingerprint density at radius 2 is 0.528 bits per heavy atom. The summed E-state index contributed by atoms with van der Waals surface area (Å²) in [6.45, 7) is 11.5. The summed E-state index contributed by atoms with van der Waals surface area (Å²) in [5, 5.41) is 0. The maximum absolute atomic E-state index is 12.9. The zero-order chi connectivity index (χ0) is 52.5. The van der Waals surface area contributed by atoms with E-state index in [9.17, 15) is 14.4 Å². The second-order valence-corrected chi connectivity index (χ2v) is 23.5. The number of carbonyl (C=O) groups excluding carboxylic acids is 3. The van der Waals surface area contributed by atoms with E-state index in [0.29, 0.717) is 19.3 Å². The Morgan fingerprint density at radius 3 is 0.792 bits per heavy atom. The number of hydrogen-bond donors (Lipinski definition) is 0. The van der Waals surface area contributed by atoms with Crippen molar-refractivity contribution in [2.75, 3.05) is 13.2 Å². The molecule has 0 rings (SSSR count). The van der Waals surface area contributed by atoms with Crippen molar-refractivity contribution in [3.63, 3.8) is 0 Å². The molecule has 0 fully saturated rings. The molecular formula is C66H128O6.